The Morgan fingerprint density at radius 2 is 2.12 bits per heavy atom. The van der Waals surface area contributed by atoms with Crippen LogP contribution in [0.15, 0.2) is 60.3 Å². The van der Waals surface area contributed by atoms with Crippen molar-refractivity contribution < 1.29 is 14.7 Å². The molecule has 176 valence electrons. The van der Waals surface area contributed by atoms with Crippen LogP contribution in [0.2, 0.25) is 0 Å². The molecule has 3 N–H and O–H groups in total. The molecule has 0 atom stereocenters. The molecule has 0 amide bonds. The zero-order chi connectivity index (χ0) is 23.9. The van der Waals surface area contributed by atoms with Crippen molar-refractivity contribution in [1.29, 1.82) is 0 Å². The van der Waals surface area contributed by atoms with Crippen LogP contribution in [0.5, 0.6) is 0 Å². The molecule has 0 spiro atoms. The van der Waals surface area contributed by atoms with Gasteiger partial charge < -0.3 is 10.4 Å². The Bertz CT molecular complexity index is 779. The Morgan fingerprint density at radius 1 is 1.41 bits per heavy atom. The molecule has 1 aromatic heterocycles. The highest BCUT2D eigenvalue weighted by Crippen LogP contribution is 2.27. The van der Waals surface area contributed by atoms with Gasteiger partial charge in [0.2, 0.25) is 0 Å². The highest BCUT2D eigenvalue weighted by atomic mass is 16.6. The maximum Gasteiger partial charge on any atom is 0.306 e. The summed E-state index contributed by atoms with van der Waals surface area (Å²) in [5.41, 5.74) is 5.70. The molecule has 1 aromatic rings. The smallest absolute Gasteiger partial charge is 0.306 e. The lowest BCUT2D eigenvalue weighted by molar-refractivity contribution is -0.145. The van der Waals surface area contributed by atoms with Gasteiger partial charge in [0.25, 0.3) is 0 Å². The summed E-state index contributed by atoms with van der Waals surface area (Å²) in [6.07, 6.45) is 9.81. The Balaban J connectivity index is 0.000000547. The molecule has 0 bridgehead atoms. The number of hydrogen-bond donors (Lipinski definition) is 3. The number of hydrogen-bond acceptors (Lipinski definition) is 5. The van der Waals surface area contributed by atoms with Gasteiger partial charge in [-0.25, -0.2) is 5.48 Å². The minimum absolute atomic E-state index is 0.199. The first-order valence-corrected chi connectivity index (χ1v) is 11.0. The first-order valence-electron chi connectivity index (χ1n) is 11.0. The number of pyridine rings is 1. The predicted octanol–water partition coefficient (Wildman–Crippen LogP) is 4.28. The third kappa shape index (κ3) is 10.5. The van der Waals surface area contributed by atoms with Gasteiger partial charge in [-0.1, -0.05) is 50.8 Å². The first kappa shape index (κ1) is 27.3. The number of carboxylic acid groups (broad SMARTS) is 1. The van der Waals surface area contributed by atoms with E-state index in [9.17, 15) is 4.79 Å². The number of amidine groups is 1. The topological polar surface area (TPSA) is 95.8 Å². The number of aliphatic carboxylic acids is 1. The normalized spacial score (nSPS) is 18.0. The second kappa shape index (κ2) is 15.1. The highest BCUT2D eigenvalue weighted by molar-refractivity contribution is 5.97. The van der Waals surface area contributed by atoms with Gasteiger partial charge in [-0.2, -0.15) is 0 Å². The van der Waals surface area contributed by atoms with Gasteiger partial charge >= 0.3 is 5.97 Å². The molecule has 1 fully saturated rings. The van der Waals surface area contributed by atoms with Crippen molar-refractivity contribution in [2.45, 2.75) is 52.6 Å². The summed E-state index contributed by atoms with van der Waals surface area (Å²) in [5.74, 6) is 0.427. The van der Waals surface area contributed by atoms with E-state index in [1.54, 1.807) is 13.2 Å². The predicted molar refractivity (Wildman–Crippen MR) is 130 cm³/mol. The summed E-state index contributed by atoms with van der Waals surface area (Å²) in [5, 5.41) is 12.2. The molecule has 0 radical (unpaired) electrons. The maximum atomic E-state index is 10.8. The lowest BCUT2D eigenvalue weighted by Crippen LogP contribution is -2.43. The Morgan fingerprint density at radius 3 is 2.59 bits per heavy atom. The molecule has 0 saturated heterocycles. The van der Waals surface area contributed by atoms with Crippen LogP contribution in [0, 0.1) is 11.8 Å². The highest BCUT2D eigenvalue weighted by Gasteiger charge is 2.33. The van der Waals surface area contributed by atoms with E-state index >= 15 is 0 Å². The summed E-state index contributed by atoms with van der Waals surface area (Å²) in [6, 6.07) is 4.12. The molecule has 0 aliphatic heterocycles. The summed E-state index contributed by atoms with van der Waals surface area (Å²) >= 11 is 0. The Hall–Kier alpha value is -2.77. The van der Waals surface area contributed by atoms with Crippen molar-refractivity contribution in [3.8, 4) is 0 Å². The molecule has 1 heterocycles. The number of aliphatic imine (C=N–C) groups is 1. The van der Waals surface area contributed by atoms with E-state index in [2.05, 4.69) is 47.8 Å². The van der Waals surface area contributed by atoms with Crippen molar-refractivity contribution in [2.75, 3.05) is 13.7 Å². The first-order chi connectivity index (χ1) is 15.3. The fourth-order valence-electron chi connectivity index (χ4n) is 3.00. The largest absolute Gasteiger partial charge is 0.481 e. The number of nitrogens with one attached hydrogen (secondary N) is 2. The van der Waals surface area contributed by atoms with E-state index in [1.807, 2.05) is 37.3 Å². The number of rotatable bonds is 11. The van der Waals surface area contributed by atoms with Gasteiger partial charge in [-0.15, -0.1) is 0 Å². The van der Waals surface area contributed by atoms with Crippen LogP contribution in [-0.4, -0.2) is 41.6 Å². The molecule has 0 unspecified atom stereocenters. The Kier molecular flexibility index (Phi) is 12.9. The minimum atomic E-state index is -0.703. The number of allylic oxidation sites excluding steroid dienone is 3. The van der Waals surface area contributed by atoms with Crippen molar-refractivity contribution in [3.05, 3.63) is 66.5 Å². The molecule has 32 heavy (non-hydrogen) atoms. The number of nitrogens with zero attached hydrogens (tertiary/aromatic N) is 2. The van der Waals surface area contributed by atoms with Crippen LogP contribution in [0.1, 0.15) is 51.3 Å². The van der Waals surface area contributed by atoms with Crippen LogP contribution >= 0.6 is 0 Å². The minimum Gasteiger partial charge on any atom is -0.481 e. The molecule has 0 aromatic carbocycles. The van der Waals surface area contributed by atoms with E-state index in [-0.39, 0.29) is 12.0 Å². The molecular formula is C25H38N4O3. The number of carboxylic acids is 1. The Labute approximate surface area is 192 Å². The average molecular weight is 443 g/mol. The molecular weight excluding hydrogens is 404 g/mol. The lowest BCUT2D eigenvalue weighted by Gasteiger charge is -2.32. The molecule has 7 heteroatoms. The third-order valence-electron chi connectivity index (χ3n) is 4.92. The van der Waals surface area contributed by atoms with Crippen LogP contribution in [0.4, 0.5) is 0 Å². The third-order valence-corrected chi connectivity index (χ3v) is 4.92. The van der Waals surface area contributed by atoms with E-state index in [0.717, 1.165) is 23.3 Å². The quantitative estimate of drug-likeness (QED) is 0.118. The van der Waals surface area contributed by atoms with Crippen molar-refractivity contribution in [1.82, 2.24) is 15.8 Å². The summed E-state index contributed by atoms with van der Waals surface area (Å²) in [6.45, 7) is 14.8. The molecule has 1 aliphatic carbocycles. The monoisotopic (exact) mass is 442 g/mol. The lowest BCUT2D eigenvalue weighted by atomic mass is 9.80. The van der Waals surface area contributed by atoms with Gasteiger partial charge in [0.05, 0.1) is 18.2 Å². The number of carbonyl (C=O) groups is 1. The number of aromatic nitrogens is 1. The van der Waals surface area contributed by atoms with E-state index in [4.69, 9.17) is 9.94 Å². The number of hydroxylamine groups is 1. The van der Waals surface area contributed by atoms with Gasteiger partial charge in [0.1, 0.15) is 0 Å². The van der Waals surface area contributed by atoms with Crippen molar-refractivity contribution in [2.24, 2.45) is 16.8 Å². The van der Waals surface area contributed by atoms with Crippen LogP contribution in [0.3, 0.4) is 0 Å². The van der Waals surface area contributed by atoms with E-state index < -0.39 is 5.97 Å². The van der Waals surface area contributed by atoms with Gasteiger partial charge in [0.15, 0.2) is 5.84 Å². The van der Waals surface area contributed by atoms with Crippen LogP contribution in [0.25, 0.3) is 0 Å². The van der Waals surface area contributed by atoms with Gasteiger partial charge in [-0.05, 0) is 44.2 Å². The fourth-order valence-corrected chi connectivity index (χ4v) is 3.00. The van der Waals surface area contributed by atoms with E-state index in [1.165, 1.54) is 0 Å². The molecule has 7 nitrogen and oxygen atoms in total. The van der Waals surface area contributed by atoms with Crippen molar-refractivity contribution in [3.63, 3.8) is 0 Å². The SMILES string of the molecule is C/C=C/CONC(=NC)c1ccc(CNC2CC(C(=O)O)C2)nc1.C=CC(=C)CC(C)C. The molecule has 2 rings (SSSR count). The zero-order valence-electron chi connectivity index (χ0n) is 19.8. The standard InChI is InChI=1S/C17H24N4O3.C8H14/c1-3-4-7-24-21-16(18-2)12-5-6-14(19-10-12)11-20-15-8-13(9-15)17(22)23;1-5-8(4)6-7(2)3/h3-6,10,13,15,20H,7-9,11H2,1-2H3,(H,18,21)(H,22,23);5,7H,1,4,6H2,2-3H3/b4-3+;. The van der Waals surface area contributed by atoms with Crippen molar-refractivity contribution >= 4 is 11.8 Å². The average Bonchev–Trinajstić information content (AvgIpc) is 2.73. The second-order valence-electron chi connectivity index (χ2n) is 8.14. The molecule has 1 aliphatic rings. The van der Waals surface area contributed by atoms with Gasteiger partial charge in [0, 0.05) is 31.4 Å². The van der Waals surface area contributed by atoms with Crippen LogP contribution in [-0.2, 0) is 16.2 Å². The molecule has 1 saturated carbocycles. The fraction of sp³-hybridized carbons (Fsp3) is 0.480. The van der Waals surface area contributed by atoms with E-state index in [0.29, 0.717) is 37.7 Å². The maximum absolute atomic E-state index is 10.8. The summed E-state index contributed by atoms with van der Waals surface area (Å²) < 4.78 is 0. The van der Waals surface area contributed by atoms with Gasteiger partial charge in [-0.3, -0.25) is 19.6 Å². The summed E-state index contributed by atoms with van der Waals surface area (Å²) in [4.78, 5) is 24.6. The van der Waals surface area contributed by atoms with Crippen LogP contribution < -0.4 is 10.8 Å². The summed E-state index contributed by atoms with van der Waals surface area (Å²) in [7, 11) is 1.69. The zero-order valence-corrected chi connectivity index (χ0v) is 19.8. The second-order valence-corrected chi connectivity index (χ2v) is 8.14.